The van der Waals surface area contributed by atoms with E-state index >= 15 is 0 Å². The molecule has 2 aliphatic heterocycles. The molecule has 3 heterocycles. The zero-order valence-corrected chi connectivity index (χ0v) is 18.2. The molecule has 1 aliphatic carbocycles. The zero-order chi connectivity index (χ0) is 22.5. The van der Waals surface area contributed by atoms with Crippen molar-refractivity contribution in [1.29, 1.82) is 0 Å². The van der Waals surface area contributed by atoms with Crippen molar-refractivity contribution < 1.29 is 19.4 Å². The first kappa shape index (κ1) is 22.0. The molecule has 1 aromatic rings. The van der Waals surface area contributed by atoms with Gasteiger partial charge in [0, 0.05) is 37.8 Å². The van der Waals surface area contributed by atoms with Crippen LogP contribution < -0.4 is 15.5 Å². The number of piperidine rings is 1. The van der Waals surface area contributed by atoms with Gasteiger partial charge in [-0.1, -0.05) is 18.2 Å². The Kier molecular flexibility index (Phi) is 6.84. The number of anilines is 1. The van der Waals surface area contributed by atoms with Crippen LogP contribution in [0.4, 0.5) is 5.95 Å². The summed E-state index contributed by atoms with van der Waals surface area (Å²) in [5.74, 6) is -0.594. The van der Waals surface area contributed by atoms with E-state index in [9.17, 15) is 9.59 Å². The summed E-state index contributed by atoms with van der Waals surface area (Å²) in [6.07, 6.45) is 13.6. The molecule has 2 atom stereocenters. The van der Waals surface area contributed by atoms with Crippen molar-refractivity contribution in [1.82, 2.24) is 20.6 Å². The number of aliphatic carboxylic acids is 1. The number of nitrogens with one attached hydrogen (secondary N) is 2. The Hall–Kier alpha value is -3.20. The summed E-state index contributed by atoms with van der Waals surface area (Å²) in [4.78, 5) is 34.1. The van der Waals surface area contributed by atoms with Gasteiger partial charge in [-0.05, 0) is 43.3 Å². The van der Waals surface area contributed by atoms with Gasteiger partial charge in [0.05, 0.1) is 24.6 Å². The third-order valence-corrected chi connectivity index (χ3v) is 6.21. The highest BCUT2D eigenvalue weighted by Gasteiger charge is 2.29. The number of carbonyl (C=O) groups is 2. The molecule has 32 heavy (non-hydrogen) atoms. The van der Waals surface area contributed by atoms with Crippen molar-refractivity contribution in [2.45, 2.75) is 37.8 Å². The molecule has 0 spiro atoms. The fourth-order valence-corrected chi connectivity index (χ4v) is 4.36. The lowest BCUT2D eigenvalue weighted by Crippen LogP contribution is -2.41. The number of rotatable bonds is 8. The summed E-state index contributed by atoms with van der Waals surface area (Å²) in [5, 5.41) is 15.6. The molecule has 0 bridgehead atoms. The summed E-state index contributed by atoms with van der Waals surface area (Å²) >= 11 is 0. The van der Waals surface area contributed by atoms with E-state index < -0.39 is 11.9 Å². The van der Waals surface area contributed by atoms with Gasteiger partial charge >= 0.3 is 11.9 Å². The van der Waals surface area contributed by atoms with Crippen molar-refractivity contribution in [3.05, 3.63) is 53.5 Å². The first-order valence-corrected chi connectivity index (χ1v) is 11.0. The van der Waals surface area contributed by atoms with Crippen LogP contribution in [0.3, 0.4) is 0 Å². The molecule has 2 unspecified atom stereocenters. The molecule has 1 fully saturated rings. The number of hydrogen-bond donors (Lipinski definition) is 3. The van der Waals surface area contributed by atoms with Gasteiger partial charge in [0.15, 0.2) is 0 Å². The number of nitrogens with zero attached hydrogens (tertiary/aromatic N) is 3. The topological polar surface area (TPSA) is 117 Å². The zero-order valence-electron chi connectivity index (χ0n) is 18.2. The number of carbonyl (C=O) groups excluding carboxylic acids is 1. The van der Waals surface area contributed by atoms with Gasteiger partial charge in [-0.25, -0.2) is 14.8 Å². The second-order valence-electron chi connectivity index (χ2n) is 8.36. The standard InChI is InChI=1S/C23H29N5O4/c1-28(18-4-7-24-8-5-18)23-26-13-17(14-27-23)22(31)32-9-6-15-2-3-19-16(11-21(29)30)12-25-20(19)10-15/h2-3,10,12-14,18-20,24-25H,4-9,11H2,1H3,(H,29,30). The minimum Gasteiger partial charge on any atom is -0.481 e. The van der Waals surface area contributed by atoms with E-state index in [1.165, 1.54) is 12.4 Å². The molecule has 0 amide bonds. The van der Waals surface area contributed by atoms with Crippen LogP contribution >= 0.6 is 0 Å². The lowest BCUT2D eigenvalue weighted by molar-refractivity contribution is -0.136. The average molecular weight is 440 g/mol. The minimum atomic E-state index is -0.830. The lowest BCUT2D eigenvalue weighted by Gasteiger charge is -2.31. The highest BCUT2D eigenvalue weighted by molar-refractivity contribution is 5.88. The summed E-state index contributed by atoms with van der Waals surface area (Å²) < 4.78 is 5.41. The number of hydrogen-bond acceptors (Lipinski definition) is 8. The molecular formula is C23H29N5O4. The van der Waals surface area contributed by atoms with Crippen molar-refractivity contribution in [3.63, 3.8) is 0 Å². The molecule has 170 valence electrons. The first-order chi connectivity index (χ1) is 15.5. The lowest BCUT2D eigenvalue weighted by atomic mass is 9.87. The van der Waals surface area contributed by atoms with Crippen molar-refractivity contribution in [2.75, 3.05) is 31.6 Å². The van der Waals surface area contributed by atoms with Crippen molar-refractivity contribution in [3.8, 4) is 0 Å². The predicted molar refractivity (Wildman–Crippen MR) is 119 cm³/mol. The summed E-state index contributed by atoms with van der Waals surface area (Å²) in [6.45, 7) is 2.23. The van der Waals surface area contributed by atoms with Gasteiger partial charge in [0.2, 0.25) is 5.95 Å². The molecule has 4 rings (SSSR count). The largest absolute Gasteiger partial charge is 0.481 e. The van der Waals surface area contributed by atoms with Crippen LogP contribution in [0.5, 0.6) is 0 Å². The SMILES string of the molecule is CN(c1ncc(C(=O)OCCC2=CC3NC=C(CC(=O)O)C3C=C2)cn1)C1CCNCC1. The fraction of sp³-hybridized carbons (Fsp3) is 0.478. The van der Waals surface area contributed by atoms with Gasteiger partial charge in [-0.15, -0.1) is 0 Å². The maximum Gasteiger partial charge on any atom is 0.341 e. The Bertz CT molecular complexity index is 934. The molecule has 0 saturated carbocycles. The van der Waals surface area contributed by atoms with Crippen LogP contribution in [0, 0.1) is 5.92 Å². The second-order valence-corrected chi connectivity index (χ2v) is 8.36. The van der Waals surface area contributed by atoms with E-state index in [-0.39, 0.29) is 25.0 Å². The smallest absolute Gasteiger partial charge is 0.341 e. The van der Waals surface area contributed by atoms with Crippen LogP contribution in [0.1, 0.15) is 36.0 Å². The van der Waals surface area contributed by atoms with Crippen LogP contribution in [0.2, 0.25) is 0 Å². The van der Waals surface area contributed by atoms with E-state index in [4.69, 9.17) is 9.84 Å². The Morgan fingerprint density at radius 2 is 2.00 bits per heavy atom. The first-order valence-electron chi connectivity index (χ1n) is 11.0. The highest BCUT2D eigenvalue weighted by atomic mass is 16.5. The third-order valence-electron chi connectivity index (χ3n) is 6.21. The van der Waals surface area contributed by atoms with Crippen molar-refractivity contribution in [2.24, 2.45) is 5.92 Å². The Morgan fingerprint density at radius 3 is 2.72 bits per heavy atom. The number of allylic oxidation sites excluding steroid dienone is 1. The Morgan fingerprint density at radius 1 is 1.25 bits per heavy atom. The quantitative estimate of drug-likeness (QED) is 0.520. The molecule has 9 heteroatoms. The predicted octanol–water partition coefficient (Wildman–Crippen LogP) is 1.65. The molecule has 3 N–H and O–H groups in total. The van der Waals surface area contributed by atoms with E-state index in [0.717, 1.165) is 37.1 Å². The average Bonchev–Trinajstić information content (AvgIpc) is 3.20. The molecule has 1 aromatic heterocycles. The third kappa shape index (κ3) is 5.16. The molecular weight excluding hydrogens is 410 g/mol. The number of ether oxygens (including phenoxy) is 1. The number of carboxylic acid groups (broad SMARTS) is 1. The molecule has 0 aromatic carbocycles. The van der Waals surface area contributed by atoms with Crippen LogP contribution in [-0.2, 0) is 9.53 Å². The number of aromatic nitrogens is 2. The summed E-state index contributed by atoms with van der Waals surface area (Å²) in [5.41, 5.74) is 2.25. The number of fused-ring (bicyclic) bond motifs is 1. The van der Waals surface area contributed by atoms with Gasteiger partial charge in [-0.2, -0.15) is 0 Å². The molecule has 1 saturated heterocycles. The number of carboxylic acids is 1. The van der Waals surface area contributed by atoms with Crippen LogP contribution in [0.25, 0.3) is 0 Å². The Labute approximate surface area is 187 Å². The van der Waals surface area contributed by atoms with Crippen LogP contribution in [0.15, 0.2) is 48.0 Å². The van der Waals surface area contributed by atoms with Gasteiger partial charge in [-0.3, -0.25) is 4.79 Å². The van der Waals surface area contributed by atoms with Crippen LogP contribution in [-0.4, -0.2) is 65.8 Å². The highest BCUT2D eigenvalue weighted by Crippen LogP contribution is 2.31. The maximum absolute atomic E-state index is 12.4. The van der Waals surface area contributed by atoms with Gasteiger partial charge in [0.25, 0.3) is 0 Å². The molecule has 9 nitrogen and oxygen atoms in total. The molecule has 0 radical (unpaired) electrons. The maximum atomic E-state index is 12.4. The van der Waals surface area contributed by atoms with E-state index in [0.29, 0.717) is 24.0 Å². The summed E-state index contributed by atoms with van der Waals surface area (Å²) in [7, 11) is 1.98. The van der Waals surface area contributed by atoms with E-state index in [2.05, 4.69) is 31.6 Å². The summed E-state index contributed by atoms with van der Waals surface area (Å²) in [6, 6.07) is 0.452. The molecule has 3 aliphatic rings. The van der Waals surface area contributed by atoms with Gasteiger partial charge < -0.3 is 25.4 Å². The monoisotopic (exact) mass is 439 g/mol. The van der Waals surface area contributed by atoms with E-state index in [1.807, 2.05) is 19.2 Å². The van der Waals surface area contributed by atoms with E-state index in [1.54, 1.807) is 6.20 Å². The van der Waals surface area contributed by atoms with Gasteiger partial charge in [0.1, 0.15) is 0 Å². The Balaban J connectivity index is 1.24. The minimum absolute atomic E-state index is 0.0355. The van der Waals surface area contributed by atoms with Crippen molar-refractivity contribution >= 4 is 17.9 Å². The fourth-order valence-electron chi connectivity index (χ4n) is 4.36. The normalized spacial score (nSPS) is 22.4. The number of esters is 1. The second kappa shape index (κ2) is 9.95.